The fraction of sp³-hybridized carbons (Fsp3) is 0.400. The highest BCUT2D eigenvalue weighted by molar-refractivity contribution is 7.89. The second kappa shape index (κ2) is 4.76. The van der Waals surface area contributed by atoms with Crippen LogP contribution in [0.15, 0.2) is 23.1 Å². The Hall–Kier alpha value is -1.71. The van der Waals surface area contributed by atoms with Gasteiger partial charge in [0.15, 0.2) is 4.90 Å². The van der Waals surface area contributed by atoms with E-state index in [0.29, 0.717) is 6.42 Å². The molecule has 9 heteroatoms. The van der Waals surface area contributed by atoms with Gasteiger partial charge in [-0.1, -0.05) is 6.07 Å². The molecule has 1 fully saturated rings. The van der Waals surface area contributed by atoms with Crippen LogP contribution in [0.4, 0.5) is 11.4 Å². The fourth-order valence-corrected chi connectivity index (χ4v) is 3.69. The zero-order valence-electron chi connectivity index (χ0n) is 9.89. The van der Waals surface area contributed by atoms with E-state index in [0.717, 1.165) is 10.4 Å². The standard InChI is InChI=1S/C10H13N3O5S/c11-8-2-1-3-9(10(8)13(15)16)19(17,18)12-5-4-7(14)6-12/h1-3,7,14H,4-6,11H2. The fourth-order valence-electron chi connectivity index (χ4n) is 2.01. The quantitative estimate of drug-likeness (QED) is 0.455. The minimum atomic E-state index is -4.02. The molecule has 0 bridgehead atoms. The van der Waals surface area contributed by atoms with Crippen LogP contribution in [0, 0.1) is 10.1 Å². The van der Waals surface area contributed by atoms with Gasteiger partial charge in [0.1, 0.15) is 5.69 Å². The molecular formula is C10H13N3O5S. The number of nitrogens with zero attached hydrogens (tertiary/aromatic N) is 2. The maximum Gasteiger partial charge on any atom is 0.312 e. The third-order valence-electron chi connectivity index (χ3n) is 2.96. The zero-order valence-corrected chi connectivity index (χ0v) is 10.7. The monoisotopic (exact) mass is 287 g/mol. The molecule has 1 unspecified atom stereocenters. The molecular weight excluding hydrogens is 274 g/mol. The normalized spacial score (nSPS) is 20.6. The van der Waals surface area contributed by atoms with Gasteiger partial charge in [-0.2, -0.15) is 4.31 Å². The topological polar surface area (TPSA) is 127 Å². The smallest absolute Gasteiger partial charge is 0.312 e. The largest absolute Gasteiger partial charge is 0.393 e. The van der Waals surface area contributed by atoms with Crippen LogP contribution in [0.5, 0.6) is 0 Å². The molecule has 1 aromatic carbocycles. The second-order valence-electron chi connectivity index (χ2n) is 4.26. The van der Waals surface area contributed by atoms with Gasteiger partial charge in [0.25, 0.3) is 0 Å². The van der Waals surface area contributed by atoms with Crippen molar-refractivity contribution in [3.8, 4) is 0 Å². The Morgan fingerprint density at radius 3 is 2.68 bits per heavy atom. The SMILES string of the molecule is Nc1cccc(S(=O)(=O)N2CCC(O)C2)c1[N+](=O)[O-]. The summed E-state index contributed by atoms with van der Waals surface area (Å²) in [6, 6.07) is 3.77. The first-order valence-corrected chi connectivity index (χ1v) is 6.99. The molecule has 1 heterocycles. The van der Waals surface area contributed by atoms with Gasteiger partial charge in [-0.15, -0.1) is 0 Å². The van der Waals surface area contributed by atoms with Gasteiger partial charge in [-0.25, -0.2) is 8.42 Å². The van der Waals surface area contributed by atoms with Crippen LogP contribution in [0.3, 0.4) is 0 Å². The lowest BCUT2D eigenvalue weighted by Gasteiger charge is -2.16. The lowest BCUT2D eigenvalue weighted by atomic mass is 10.3. The van der Waals surface area contributed by atoms with Crippen LogP contribution in [0.2, 0.25) is 0 Å². The summed E-state index contributed by atoms with van der Waals surface area (Å²) in [5.41, 5.74) is 4.65. The van der Waals surface area contributed by atoms with Gasteiger partial charge in [0, 0.05) is 13.1 Å². The first-order chi connectivity index (χ1) is 8.84. The van der Waals surface area contributed by atoms with E-state index >= 15 is 0 Å². The molecule has 8 nitrogen and oxygen atoms in total. The van der Waals surface area contributed by atoms with E-state index in [-0.39, 0.29) is 18.8 Å². The molecule has 3 N–H and O–H groups in total. The van der Waals surface area contributed by atoms with Gasteiger partial charge in [-0.3, -0.25) is 10.1 Å². The molecule has 1 aliphatic heterocycles. The van der Waals surface area contributed by atoms with Gasteiger partial charge >= 0.3 is 5.69 Å². The van der Waals surface area contributed by atoms with E-state index in [1.54, 1.807) is 0 Å². The molecule has 19 heavy (non-hydrogen) atoms. The van der Waals surface area contributed by atoms with Crippen LogP contribution in [-0.2, 0) is 10.0 Å². The number of para-hydroxylation sites is 1. The lowest BCUT2D eigenvalue weighted by molar-refractivity contribution is -0.386. The van der Waals surface area contributed by atoms with Crippen molar-refractivity contribution < 1.29 is 18.4 Å². The number of rotatable bonds is 3. The summed E-state index contributed by atoms with van der Waals surface area (Å²) in [5, 5.41) is 20.3. The van der Waals surface area contributed by atoms with Crippen molar-refractivity contribution in [3.05, 3.63) is 28.3 Å². The molecule has 104 valence electrons. The van der Waals surface area contributed by atoms with Gasteiger partial charge < -0.3 is 10.8 Å². The van der Waals surface area contributed by atoms with E-state index in [1.165, 1.54) is 12.1 Å². The van der Waals surface area contributed by atoms with Crippen LogP contribution < -0.4 is 5.73 Å². The van der Waals surface area contributed by atoms with Crippen molar-refractivity contribution in [3.63, 3.8) is 0 Å². The van der Waals surface area contributed by atoms with Crippen molar-refractivity contribution in [1.29, 1.82) is 0 Å². The summed E-state index contributed by atoms with van der Waals surface area (Å²) < 4.78 is 25.7. The van der Waals surface area contributed by atoms with Gasteiger partial charge in [-0.05, 0) is 18.6 Å². The van der Waals surface area contributed by atoms with E-state index in [4.69, 9.17) is 5.73 Å². The molecule has 0 aromatic heterocycles. The van der Waals surface area contributed by atoms with Crippen LogP contribution in [-0.4, -0.2) is 41.9 Å². The van der Waals surface area contributed by atoms with E-state index < -0.39 is 31.6 Å². The molecule has 0 spiro atoms. The first kappa shape index (κ1) is 13.7. The van der Waals surface area contributed by atoms with Crippen molar-refractivity contribution >= 4 is 21.4 Å². The summed E-state index contributed by atoms with van der Waals surface area (Å²) in [4.78, 5) is 9.71. The molecule has 0 amide bonds. The molecule has 0 aliphatic carbocycles. The Balaban J connectivity index is 2.52. The minimum absolute atomic E-state index is 0.0612. The van der Waals surface area contributed by atoms with Crippen LogP contribution in [0.1, 0.15) is 6.42 Å². The highest BCUT2D eigenvalue weighted by Gasteiger charge is 2.36. The van der Waals surface area contributed by atoms with Crippen molar-refractivity contribution in [2.75, 3.05) is 18.8 Å². The number of anilines is 1. The minimum Gasteiger partial charge on any atom is -0.393 e. The zero-order chi connectivity index (χ0) is 14.2. The maximum absolute atomic E-state index is 12.3. The number of hydrogen-bond acceptors (Lipinski definition) is 6. The second-order valence-corrected chi connectivity index (χ2v) is 6.16. The van der Waals surface area contributed by atoms with Crippen molar-refractivity contribution in [2.45, 2.75) is 17.4 Å². The Bertz CT molecular complexity index is 616. The van der Waals surface area contributed by atoms with Crippen molar-refractivity contribution in [2.24, 2.45) is 0 Å². The first-order valence-electron chi connectivity index (χ1n) is 5.55. The highest BCUT2D eigenvalue weighted by atomic mass is 32.2. The van der Waals surface area contributed by atoms with Crippen LogP contribution in [0.25, 0.3) is 0 Å². The van der Waals surface area contributed by atoms with Gasteiger partial charge in [0.2, 0.25) is 10.0 Å². The summed E-state index contributed by atoms with van der Waals surface area (Å²) in [7, 11) is -4.02. The van der Waals surface area contributed by atoms with E-state index in [9.17, 15) is 23.6 Å². The number of hydrogen-bond donors (Lipinski definition) is 2. The van der Waals surface area contributed by atoms with E-state index in [1.807, 2.05) is 0 Å². The number of aliphatic hydroxyl groups is 1. The Morgan fingerprint density at radius 2 is 2.16 bits per heavy atom. The number of β-amino-alcohol motifs (C(OH)–C–C–N with tert-alkyl or cyclic N) is 1. The van der Waals surface area contributed by atoms with Crippen LogP contribution >= 0.6 is 0 Å². The Morgan fingerprint density at radius 1 is 1.47 bits per heavy atom. The number of nitro groups is 1. The maximum atomic E-state index is 12.3. The lowest BCUT2D eigenvalue weighted by Crippen LogP contribution is -2.30. The van der Waals surface area contributed by atoms with Crippen molar-refractivity contribution in [1.82, 2.24) is 4.31 Å². The third kappa shape index (κ3) is 2.39. The summed E-state index contributed by atoms with van der Waals surface area (Å²) in [6.45, 7) is 0.0732. The number of sulfonamides is 1. The number of benzene rings is 1. The van der Waals surface area contributed by atoms with E-state index in [2.05, 4.69) is 0 Å². The predicted molar refractivity (Wildman–Crippen MR) is 66.9 cm³/mol. The third-order valence-corrected chi connectivity index (χ3v) is 4.85. The Labute approximate surface area is 109 Å². The average Bonchev–Trinajstić information content (AvgIpc) is 2.75. The number of nitrogen functional groups attached to an aromatic ring is 1. The molecule has 1 atom stereocenters. The Kier molecular flexibility index (Phi) is 3.43. The molecule has 0 saturated carbocycles. The average molecular weight is 287 g/mol. The van der Waals surface area contributed by atoms with Gasteiger partial charge in [0.05, 0.1) is 11.0 Å². The summed E-state index contributed by atoms with van der Waals surface area (Å²) in [5.74, 6) is 0. The molecule has 1 aliphatic rings. The summed E-state index contributed by atoms with van der Waals surface area (Å²) >= 11 is 0. The highest BCUT2D eigenvalue weighted by Crippen LogP contribution is 2.32. The summed E-state index contributed by atoms with van der Waals surface area (Å²) in [6.07, 6.45) is -0.426. The number of nitro benzene ring substituents is 1. The molecule has 0 radical (unpaired) electrons. The molecule has 2 rings (SSSR count). The number of aliphatic hydroxyl groups excluding tert-OH is 1. The molecule has 1 aromatic rings. The molecule has 1 saturated heterocycles. The predicted octanol–water partition coefficient (Wildman–Crippen LogP) is -0.0677. The number of nitrogens with two attached hydrogens (primary N) is 1.